The third-order valence-electron chi connectivity index (χ3n) is 5.01. The van der Waals surface area contributed by atoms with Gasteiger partial charge in [0, 0.05) is 36.3 Å². The molecule has 7 heteroatoms. The second-order valence-corrected chi connectivity index (χ2v) is 7.97. The molecule has 0 bridgehead atoms. The molecule has 0 aliphatic heterocycles. The number of hydrogen-bond acceptors (Lipinski definition) is 5. The Morgan fingerprint density at radius 1 is 1.14 bits per heavy atom. The number of hydrogen-bond donors (Lipinski definition) is 2. The Kier molecular flexibility index (Phi) is 10.3. The molecule has 7 nitrogen and oxygen atoms in total. The van der Waals surface area contributed by atoms with E-state index in [0.717, 1.165) is 0 Å². The van der Waals surface area contributed by atoms with Crippen LogP contribution in [0.25, 0.3) is 0 Å². The smallest absolute Gasteiger partial charge is 0.292 e. The van der Waals surface area contributed by atoms with Gasteiger partial charge in [0.25, 0.3) is 12.4 Å². The van der Waals surface area contributed by atoms with Crippen molar-refractivity contribution < 1.29 is 19.1 Å². The van der Waals surface area contributed by atoms with Crippen LogP contribution in [0.15, 0.2) is 24.3 Å². The van der Waals surface area contributed by atoms with E-state index in [1.54, 1.807) is 29.2 Å². The molecular formula is C21H35N3O4. The van der Waals surface area contributed by atoms with Crippen molar-refractivity contribution >= 4 is 24.0 Å². The first kappa shape index (κ1) is 25.4. The molecule has 0 aliphatic carbocycles. The molecule has 0 aliphatic rings. The van der Waals surface area contributed by atoms with Gasteiger partial charge in [-0.2, -0.15) is 0 Å². The van der Waals surface area contributed by atoms with Crippen molar-refractivity contribution in [2.45, 2.75) is 41.5 Å². The number of benzene rings is 1. The van der Waals surface area contributed by atoms with Gasteiger partial charge in [-0.05, 0) is 36.6 Å². The fraction of sp³-hybridized carbons (Fsp3) is 0.571. The normalized spacial score (nSPS) is 11.0. The van der Waals surface area contributed by atoms with Gasteiger partial charge in [0.1, 0.15) is 0 Å². The highest BCUT2D eigenvalue weighted by Gasteiger charge is 2.41. The number of rotatable bonds is 7. The third-order valence-corrected chi connectivity index (χ3v) is 5.01. The Morgan fingerprint density at radius 2 is 1.64 bits per heavy atom. The molecule has 1 aromatic carbocycles. The van der Waals surface area contributed by atoms with Crippen molar-refractivity contribution in [3.05, 3.63) is 29.8 Å². The predicted octanol–water partition coefficient (Wildman–Crippen LogP) is 2.71. The molecule has 158 valence electrons. The lowest BCUT2D eigenvalue weighted by molar-refractivity contribution is -0.146. The lowest BCUT2D eigenvalue weighted by Gasteiger charge is -2.40. The summed E-state index contributed by atoms with van der Waals surface area (Å²) in [6.45, 7) is 14.0. The first-order valence-corrected chi connectivity index (χ1v) is 9.31. The lowest BCUT2D eigenvalue weighted by atomic mass is 9.68. The molecule has 0 atom stereocenters. The van der Waals surface area contributed by atoms with Gasteiger partial charge in [0.2, 0.25) is 5.91 Å². The number of amides is 2. The van der Waals surface area contributed by atoms with Crippen LogP contribution >= 0.6 is 0 Å². The standard InChI is InChI=1S/C19H31N3O2.C2H4O2/c1-7-22(17(24)19(5,6)18(2,3)4)13-12-21-16(23)14-8-10-15(20)11-9-14;1-4-2-3/h8-11H,7,12-13,20H2,1-6H3,(H,21,23);2H,1H3. The number of ether oxygens (including phenoxy) is 1. The van der Waals surface area contributed by atoms with E-state index >= 15 is 0 Å². The second-order valence-electron chi connectivity index (χ2n) is 7.97. The summed E-state index contributed by atoms with van der Waals surface area (Å²) in [5.74, 6) is -0.0483. The maximum atomic E-state index is 12.8. The molecule has 0 aromatic heterocycles. The van der Waals surface area contributed by atoms with E-state index in [2.05, 4.69) is 30.8 Å². The van der Waals surface area contributed by atoms with Crippen LogP contribution in [-0.4, -0.2) is 49.9 Å². The summed E-state index contributed by atoms with van der Waals surface area (Å²) >= 11 is 0. The molecule has 0 saturated carbocycles. The van der Waals surface area contributed by atoms with Gasteiger partial charge in [-0.3, -0.25) is 14.4 Å². The molecule has 0 heterocycles. The molecule has 0 spiro atoms. The Labute approximate surface area is 168 Å². The molecule has 0 saturated heterocycles. The summed E-state index contributed by atoms with van der Waals surface area (Å²) in [5, 5.41) is 2.85. The minimum Gasteiger partial charge on any atom is -0.471 e. The highest BCUT2D eigenvalue weighted by atomic mass is 16.5. The van der Waals surface area contributed by atoms with E-state index in [0.29, 0.717) is 37.4 Å². The molecular weight excluding hydrogens is 358 g/mol. The number of methoxy groups -OCH3 is 1. The monoisotopic (exact) mass is 393 g/mol. The minimum absolute atomic E-state index is 0.110. The number of likely N-dealkylation sites (N-methyl/N-ethyl adjacent to an activating group) is 1. The number of nitrogens with one attached hydrogen (secondary N) is 1. The maximum absolute atomic E-state index is 12.8. The van der Waals surface area contributed by atoms with Crippen LogP contribution in [0.1, 0.15) is 51.9 Å². The van der Waals surface area contributed by atoms with Crippen LogP contribution in [-0.2, 0) is 14.3 Å². The average Bonchev–Trinajstić information content (AvgIpc) is 2.64. The summed E-state index contributed by atoms with van der Waals surface area (Å²) in [5.41, 5.74) is 6.20. The van der Waals surface area contributed by atoms with Crippen LogP contribution in [0.2, 0.25) is 0 Å². The van der Waals surface area contributed by atoms with Gasteiger partial charge in [-0.25, -0.2) is 0 Å². The SMILES string of the molecule is CCN(CCNC(=O)c1ccc(N)cc1)C(=O)C(C)(C)C(C)(C)C.COC=O. The first-order chi connectivity index (χ1) is 12.9. The highest BCUT2D eigenvalue weighted by molar-refractivity contribution is 5.94. The Morgan fingerprint density at radius 3 is 2.04 bits per heavy atom. The first-order valence-electron chi connectivity index (χ1n) is 9.31. The predicted molar refractivity (Wildman–Crippen MR) is 112 cm³/mol. The molecule has 1 rings (SSSR count). The van der Waals surface area contributed by atoms with Crippen molar-refractivity contribution in [2.24, 2.45) is 10.8 Å². The van der Waals surface area contributed by atoms with Gasteiger partial charge >= 0.3 is 0 Å². The molecule has 0 fully saturated rings. The summed E-state index contributed by atoms with van der Waals surface area (Å²) < 4.78 is 3.86. The number of carbonyl (C=O) groups is 3. The zero-order chi connectivity index (χ0) is 22.0. The van der Waals surface area contributed by atoms with E-state index in [9.17, 15) is 9.59 Å². The molecule has 0 radical (unpaired) electrons. The molecule has 28 heavy (non-hydrogen) atoms. The molecule has 1 aromatic rings. The van der Waals surface area contributed by atoms with Crippen molar-refractivity contribution in [3.8, 4) is 0 Å². The number of nitrogens with zero attached hydrogens (tertiary/aromatic N) is 1. The molecule has 0 unspecified atom stereocenters. The van der Waals surface area contributed by atoms with Gasteiger partial charge < -0.3 is 20.7 Å². The fourth-order valence-electron chi connectivity index (χ4n) is 2.16. The van der Waals surface area contributed by atoms with Gasteiger partial charge in [0.15, 0.2) is 0 Å². The van der Waals surface area contributed by atoms with Crippen molar-refractivity contribution in [2.75, 3.05) is 32.5 Å². The van der Waals surface area contributed by atoms with Crippen LogP contribution in [0.4, 0.5) is 5.69 Å². The van der Waals surface area contributed by atoms with Crippen LogP contribution < -0.4 is 11.1 Å². The number of carbonyl (C=O) groups excluding carboxylic acids is 3. The van der Waals surface area contributed by atoms with E-state index in [1.165, 1.54) is 7.11 Å². The summed E-state index contributed by atoms with van der Waals surface area (Å²) in [4.78, 5) is 35.7. The van der Waals surface area contributed by atoms with Crippen LogP contribution in [0.5, 0.6) is 0 Å². The van der Waals surface area contributed by atoms with E-state index in [4.69, 9.17) is 10.5 Å². The Balaban J connectivity index is 0.00000165. The fourth-order valence-corrected chi connectivity index (χ4v) is 2.16. The maximum Gasteiger partial charge on any atom is 0.292 e. The zero-order valence-electron chi connectivity index (χ0n) is 18.2. The number of nitrogens with two attached hydrogens (primary N) is 1. The zero-order valence-corrected chi connectivity index (χ0v) is 18.2. The highest BCUT2D eigenvalue weighted by Crippen LogP contribution is 2.39. The Hall–Kier alpha value is -2.57. The molecule has 3 N–H and O–H groups in total. The largest absolute Gasteiger partial charge is 0.471 e. The molecule has 2 amide bonds. The van der Waals surface area contributed by atoms with Gasteiger partial charge in [-0.1, -0.05) is 34.6 Å². The summed E-state index contributed by atoms with van der Waals surface area (Å²) in [7, 11) is 1.31. The number of nitrogen functional groups attached to an aromatic ring is 1. The van der Waals surface area contributed by atoms with E-state index in [-0.39, 0.29) is 17.2 Å². The van der Waals surface area contributed by atoms with Crippen molar-refractivity contribution in [1.82, 2.24) is 10.2 Å². The third kappa shape index (κ3) is 7.58. The lowest BCUT2D eigenvalue weighted by Crippen LogP contribution is -2.49. The minimum atomic E-state index is -0.468. The second kappa shape index (κ2) is 11.3. The topological polar surface area (TPSA) is 102 Å². The Bertz CT molecular complexity index is 634. The van der Waals surface area contributed by atoms with E-state index < -0.39 is 5.41 Å². The number of anilines is 1. The summed E-state index contributed by atoms with van der Waals surface area (Å²) in [6.07, 6.45) is 0. The van der Waals surface area contributed by atoms with Gasteiger partial charge in [-0.15, -0.1) is 0 Å². The van der Waals surface area contributed by atoms with Gasteiger partial charge in [0.05, 0.1) is 7.11 Å². The quantitative estimate of drug-likeness (QED) is 0.548. The average molecular weight is 394 g/mol. The van der Waals surface area contributed by atoms with Crippen molar-refractivity contribution in [1.29, 1.82) is 0 Å². The van der Waals surface area contributed by atoms with Crippen molar-refractivity contribution in [3.63, 3.8) is 0 Å². The van der Waals surface area contributed by atoms with E-state index in [1.807, 2.05) is 20.8 Å². The van der Waals surface area contributed by atoms with Crippen LogP contribution in [0.3, 0.4) is 0 Å². The summed E-state index contributed by atoms with van der Waals surface area (Å²) in [6, 6.07) is 6.78. The van der Waals surface area contributed by atoms with Crippen LogP contribution in [0, 0.1) is 10.8 Å².